The Morgan fingerprint density at radius 3 is 2.85 bits per heavy atom. The maximum absolute atomic E-state index is 13.9. The Kier molecular flexibility index (Phi) is 5.38. The second-order valence-electron chi connectivity index (χ2n) is 5.88. The molecule has 0 radical (unpaired) electrons. The van der Waals surface area contributed by atoms with Gasteiger partial charge in [0.1, 0.15) is 17.0 Å². The zero-order chi connectivity index (χ0) is 18.8. The van der Waals surface area contributed by atoms with Crippen molar-refractivity contribution in [3.05, 3.63) is 51.4 Å². The number of carbonyl (C=O) groups is 1. The monoisotopic (exact) mass is 393 g/mol. The molecule has 0 bridgehead atoms. The highest BCUT2D eigenvalue weighted by Crippen LogP contribution is 2.33. The average Bonchev–Trinajstić information content (AvgIpc) is 2.91. The van der Waals surface area contributed by atoms with E-state index >= 15 is 0 Å². The van der Waals surface area contributed by atoms with Crippen LogP contribution in [0.2, 0.25) is 5.02 Å². The van der Waals surface area contributed by atoms with Crippen LogP contribution in [0.4, 0.5) is 4.39 Å². The summed E-state index contributed by atoms with van der Waals surface area (Å²) in [6.45, 7) is 3.83. The Bertz CT molecular complexity index is 956. The summed E-state index contributed by atoms with van der Waals surface area (Å²) in [6, 6.07) is 4.43. The van der Waals surface area contributed by atoms with E-state index in [1.54, 1.807) is 24.5 Å². The number of benzene rings is 1. The molecule has 1 amide bonds. The molecule has 0 fully saturated rings. The third-order valence-corrected chi connectivity index (χ3v) is 5.62. The number of ether oxygens (including phenoxy) is 1. The summed E-state index contributed by atoms with van der Waals surface area (Å²) >= 11 is 7.57. The van der Waals surface area contributed by atoms with Crippen molar-refractivity contribution < 1.29 is 13.9 Å². The van der Waals surface area contributed by atoms with E-state index in [2.05, 4.69) is 9.97 Å². The zero-order valence-electron chi connectivity index (χ0n) is 14.5. The number of hydrogen-bond donors (Lipinski definition) is 0. The maximum atomic E-state index is 13.9. The summed E-state index contributed by atoms with van der Waals surface area (Å²) in [5.74, 6) is -0.372. The molecule has 3 aromatic rings. The lowest BCUT2D eigenvalue weighted by molar-refractivity contribution is -0.132. The molecule has 2 aromatic heterocycles. The van der Waals surface area contributed by atoms with E-state index in [0.29, 0.717) is 5.88 Å². The molecule has 0 N–H and O–H groups in total. The Morgan fingerprint density at radius 1 is 1.35 bits per heavy atom. The standard InChI is InChI=1S/C18H17ClFN3O2S/c1-10-11(2)26-18-16(10)17(21-9-22-18)25-8-15(24)23(3)7-12-13(19)5-4-6-14(12)20/h4-6,9H,7-8H2,1-3H3. The highest BCUT2D eigenvalue weighted by molar-refractivity contribution is 7.18. The summed E-state index contributed by atoms with van der Waals surface area (Å²) in [5.41, 5.74) is 1.32. The smallest absolute Gasteiger partial charge is 0.260 e. The van der Waals surface area contributed by atoms with Gasteiger partial charge in [0.05, 0.1) is 5.39 Å². The number of likely N-dealkylation sites (N-methyl/N-ethyl adjacent to an activating group) is 1. The number of rotatable bonds is 5. The quantitative estimate of drug-likeness (QED) is 0.653. The molecular formula is C18H17ClFN3O2S. The van der Waals surface area contributed by atoms with Gasteiger partial charge in [0.2, 0.25) is 5.88 Å². The normalized spacial score (nSPS) is 11.0. The summed E-state index contributed by atoms with van der Waals surface area (Å²) in [6.07, 6.45) is 1.42. The van der Waals surface area contributed by atoms with Crippen LogP contribution in [0.5, 0.6) is 5.88 Å². The second-order valence-corrected chi connectivity index (χ2v) is 7.49. The van der Waals surface area contributed by atoms with Gasteiger partial charge in [0.25, 0.3) is 5.91 Å². The van der Waals surface area contributed by atoms with Crippen LogP contribution in [0.15, 0.2) is 24.5 Å². The fraction of sp³-hybridized carbons (Fsp3) is 0.278. The largest absolute Gasteiger partial charge is 0.467 e. The molecule has 3 rings (SSSR count). The molecule has 0 aliphatic carbocycles. The minimum absolute atomic E-state index is 0.0590. The van der Waals surface area contributed by atoms with E-state index in [9.17, 15) is 9.18 Å². The van der Waals surface area contributed by atoms with E-state index in [4.69, 9.17) is 16.3 Å². The molecule has 136 valence electrons. The van der Waals surface area contributed by atoms with Crippen molar-refractivity contribution >= 4 is 39.1 Å². The number of fused-ring (bicyclic) bond motifs is 1. The third-order valence-electron chi connectivity index (χ3n) is 4.15. The molecule has 5 nitrogen and oxygen atoms in total. The summed E-state index contributed by atoms with van der Waals surface area (Å²) in [5, 5.41) is 1.11. The molecule has 2 heterocycles. The Balaban J connectivity index is 1.71. The molecule has 0 saturated carbocycles. The van der Waals surface area contributed by atoms with Crippen molar-refractivity contribution in [2.24, 2.45) is 0 Å². The second kappa shape index (κ2) is 7.55. The molecular weight excluding hydrogens is 377 g/mol. The number of nitrogens with zero attached hydrogens (tertiary/aromatic N) is 3. The van der Waals surface area contributed by atoms with E-state index in [0.717, 1.165) is 20.7 Å². The maximum Gasteiger partial charge on any atom is 0.260 e. The number of halogens is 2. The molecule has 26 heavy (non-hydrogen) atoms. The van der Waals surface area contributed by atoms with Gasteiger partial charge in [-0.2, -0.15) is 0 Å². The first-order chi connectivity index (χ1) is 12.4. The van der Waals surface area contributed by atoms with Crippen LogP contribution in [-0.2, 0) is 11.3 Å². The molecule has 0 unspecified atom stereocenters. The lowest BCUT2D eigenvalue weighted by Crippen LogP contribution is -2.31. The van der Waals surface area contributed by atoms with Crippen molar-refractivity contribution in [3.8, 4) is 5.88 Å². The van der Waals surface area contributed by atoms with Crippen molar-refractivity contribution in [2.45, 2.75) is 20.4 Å². The third kappa shape index (κ3) is 3.64. The van der Waals surface area contributed by atoms with Crippen LogP contribution in [0, 0.1) is 19.7 Å². The lowest BCUT2D eigenvalue weighted by Gasteiger charge is -2.18. The first-order valence-electron chi connectivity index (χ1n) is 7.88. The van der Waals surface area contributed by atoms with Gasteiger partial charge in [-0.15, -0.1) is 11.3 Å². The highest BCUT2D eigenvalue weighted by atomic mass is 35.5. The minimum Gasteiger partial charge on any atom is -0.467 e. The van der Waals surface area contributed by atoms with Gasteiger partial charge >= 0.3 is 0 Å². The fourth-order valence-corrected chi connectivity index (χ4v) is 3.72. The molecule has 0 saturated heterocycles. The van der Waals surface area contributed by atoms with Crippen molar-refractivity contribution in [3.63, 3.8) is 0 Å². The lowest BCUT2D eigenvalue weighted by atomic mass is 10.2. The summed E-state index contributed by atoms with van der Waals surface area (Å²) in [7, 11) is 1.57. The van der Waals surface area contributed by atoms with Crippen LogP contribution in [-0.4, -0.2) is 34.4 Å². The molecule has 1 aromatic carbocycles. The number of hydrogen-bond acceptors (Lipinski definition) is 5. The molecule has 0 atom stereocenters. The van der Waals surface area contributed by atoms with Gasteiger partial charge in [0.15, 0.2) is 6.61 Å². The molecule has 8 heteroatoms. The minimum atomic E-state index is -0.444. The van der Waals surface area contributed by atoms with Gasteiger partial charge in [-0.1, -0.05) is 17.7 Å². The SMILES string of the molecule is Cc1sc2ncnc(OCC(=O)N(C)Cc3c(F)cccc3Cl)c2c1C. The van der Waals surface area contributed by atoms with Crippen LogP contribution in [0.3, 0.4) is 0 Å². The summed E-state index contributed by atoms with van der Waals surface area (Å²) < 4.78 is 19.5. The van der Waals surface area contributed by atoms with E-state index in [1.807, 2.05) is 13.8 Å². The predicted octanol–water partition coefficient (Wildman–Crippen LogP) is 4.14. The number of aryl methyl sites for hydroxylation is 2. The van der Waals surface area contributed by atoms with Gasteiger partial charge in [-0.25, -0.2) is 14.4 Å². The van der Waals surface area contributed by atoms with Gasteiger partial charge < -0.3 is 9.64 Å². The van der Waals surface area contributed by atoms with Crippen molar-refractivity contribution in [2.75, 3.05) is 13.7 Å². The van der Waals surface area contributed by atoms with Crippen LogP contribution < -0.4 is 4.74 Å². The number of amides is 1. The van der Waals surface area contributed by atoms with Gasteiger partial charge in [0, 0.05) is 29.1 Å². The molecule has 0 aliphatic rings. The van der Waals surface area contributed by atoms with Crippen molar-refractivity contribution in [1.82, 2.24) is 14.9 Å². The van der Waals surface area contributed by atoms with Crippen molar-refractivity contribution in [1.29, 1.82) is 0 Å². The topological polar surface area (TPSA) is 55.3 Å². The van der Waals surface area contributed by atoms with Crippen LogP contribution in [0.25, 0.3) is 10.2 Å². The average molecular weight is 394 g/mol. The Morgan fingerprint density at radius 2 is 2.12 bits per heavy atom. The first-order valence-corrected chi connectivity index (χ1v) is 9.08. The zero-order valence-corrected chi connectivity index (χ0v) is 16.1. The van der Waals surface area contributed by atoms with Gasteiger partial charge in [-0.05, 0) is 31.5 Å². The predicted molar refractivity (Wildman–Crippen MR) is 100 cm³/mol. The van der Waals surface area contributed by atoms with Gasteiger partial charge in [-0.3, -0.25) is 4.79 Å². The molecule has 0 aliphatic heterocycles. The number of aromatic nitrogens is 2. The highest BCUT2D eigenvalue weighted by Gasteiger charge is 2.17. The molecule has 0 spiro atoms. The summed E-state index contributed by atoms with van der Waals surface area (Å²) in [4.78, 5) is 24.1. The van der Waals surface area contributed by atoms with Crippen LogP contribution in [0.1, 0.15) is 16.0 Å². The van der Waals surface area contributed by atoms with E-state index in [1.165, 1.54) is 23.4 Å². The van der Waals surface area contributed by atoms with E-state index < -0.39 is 5.82 Å². The van der Waals surface area contributed by atoms with E-state index in [-0.39, 0.29) is 29.6 Å². The number of carbonyl (C=O) groups excluding carboxylic acids is 1. The number of thiophene rings is 1. The first kappa shape index (κ1) is 18.5. The van der Waals surface area contributed by atoms with Crippen LogP contribution >= 0.6 is 22.9 Å². The Labute approximate surface area is 159 Å². The fourth-order valence-electron chi connectivity index (χ4n) is 2.51. The Hall–Kier alpha value is -2.25.